The molecule has 0 aromatic heterocycles. The Balaban J connectivity index is 2.13. The van der Waals surface area contributed by atoms with Gasteiger partial charge in [-0.15, -0.1) is 0 Å². The van der Waals surface area contributed by atoms with Gasteiger partial charge in [0.15, 0.2) is 0 Å². The van der Waals surface area contributed by atoms with Crippen LogP contribution in [0.15, 0.2) is 42.5 Å². The van der Waals surface area contributed by atoms with Crippen molar-refractivity contribution in [3.63, 3.8) is 0 Å². The van der Waals surface area contributed by atoms with Crippen molar-refractivity contribution in [3.05, 3.63) is 63.7 Å². The predicted octanol–water partition coefficient (Wildman–Crippen LogP) is 2.95. The van der Waals surface area contributed by atoms with Gasteiger partial charge in [-0.1, -0.05) is 25.1 Å². The lowest BCUT2D eigenvalue weighted by molar-refractivity contribution is -0.384. The molecule has 0 saturated heterocycles. The highest BCUT2D eigenvalue weighted by Crippen LogP contribution is 2.26. The summed E-state index contributed by atoms with van der Waals surface area (Å²) in [6.07, 6.45) is 1.14. The number of carbonyl (C=O) groups is 1. The molecule has 0 unspecified atom stereocenters. The van der Waals surface area contributed by atoms with Crippen molar-refractivity contribution in [2.24, 2.45) is 0 Å². The molecule has 0 aliphatic heterocycles. The van der Waals surface area contributed by atoms with Crippen LogP contribution in [0.2, 0.25) is 0 Å². The summed E-state index contributed by atoms with van der Waals surface area (Å²) in [4.78, 5) is 23.2. The SMILES string of the molecule is CC[C@@H](C(=O)NCCOc1cc(C)ccc1C)N(c1cccc([N+](=O)[O-])c1)S(C)(=O)=O. The molecule has 1 atom stereocenters. The fourth-order valence-electron chi connectivity index (χ4n) is 3.12. The summed E-state index contributed by atoms with van der Waals surface area (Å²) in [6.45, 7) is 5.93. The highest BCUT2D eigenvalue weighted by molar-refractivity contribution is 7.92. The Morgan fingerprint density at radius 2 is 1.94 bits per heavy atom. The van der Waals surface area contributed by atoms with Crippen LogP contribution in [0, 0.1) is 24.0 Å². The number of nitro groups is 1. The Morgan fingerprint density at radius 3 is 2.55 bits per heavy atom. The first kappa shape index (κ1) is 24.1. The van der Waals surface area contributed by atoms with E-state index in [-0.39, 0.29) is 30.9 Å². The number of hydrogen-bond acceptors (Lipinski definition) is 6. The third-order valence-corrected chi connectivity index (χ3v) is 5.81. The number of hydrogen-bond donors (Lipinski definition) is 1. The molecule has 168 valence electrons. The largest absolute Gasteiger partial charge is 0.491 e. The first-order valence-electron chi connectivity index (χ1n) is 9.76. The molecule has 31 heavy (non-hydrogen) atoms. The molecular formula is C21H27N3O6S. The van der Waals surface area contributed by atoms with Gasteiger partial charge in [0.25, 0.3) is 5.69 Å². The minimum absolute atomic E-state index is 0.0605. The van der Waals surface area contributed by atoms with Crippen LogP contribution in [0.1, 0.15) is 24.5 Å². The van der Waals surface area contributed by atoms with Gasteiger partial charge >= 0.3 is 0 Å². The third-order valence-electron chi connectivity index (χ3n) is 4.63. The van der Waals surface area contributed by atoms with Gasteiger partial charge in [0.05, 0.1) is 23.4 Å². The van der Waals surface area contributed by atoms with Gasteiger partial charge in [-0.3, -0.25) is 19.2 Å². The molecule has 0 radical (unpaired) electrons. The molecule has 1 N–H and O–H groups in total. The van der Waals surface area contributed by atoms with E-state index >= 15 is 0 Å². The Labute approximate surface area is 182 Å². The van der Waals surface area contributed by atoms with Crippen LogP contribution in [0.25, 0.3) is 0 Å². The van der Waals surface area contributed by atoms with Crippen LogP contribution in [-0.2, 0) is 14.8 Å². The van der Waals surface area contributed by atoms with Crippen molar-refractivity contribution in [1.29, 1.82) is 0 Å². The van der Waals surface area contributed by atoms with Crippen molar-refractivity contribution in [2.45, 2.75) is 33.2 Å². The summed E-state index contributed by atoms with van der Waals surface area (Å²) in [5, 5.41) is 13.8. The van der Waals surface area contributed by atoms with Gasteiger partial charge in [-0.25, -0.2) is 8.42 Å². The zero-order chi connectivity index (χ0) is 23.2. The van der Waals surface area contributed by atoms with E-state index in [0.29, 0.717) is 0 Å². The van der Waals surface area contributed by atoms with Crippen LogP contribution < -0.4 is 14.4 Å². The Hall–Kier alpha value is -3.14. The first-order chi connectivity index (χ1) is 14.5. The molecule has 0 saturated carbocycles. The molecular weight excluding hydrogens is 422 g/mol. The van der Waals surface area contributed by atoms with Crippen LogP contribution >= 0.6 is 0 Å². The number of benzene rings is 2. The quantitative estimate of drug-likeness (QED) is 0.338. The Bertz CT molecular complexity index is 1050. The van der Waals surface area contributed by atoms with E-state index in [1.54, 1.807) is 6.92 Å². The fraction of sp³-hybridized carbons (Fsp3) is 0.381. The zero-order valence-corrected chi connectivity index (χ0v) is 18.8. The average Bonchev–Trinajstić information content (AvgIpc) is 2.70. The van der Waals surface area contributed by atoms with Gasteiger partial charge in [0.1, 0.15) is 18.4 Å². The molecule has 0 aliphatic rings. The summed E-state index contributed by atoms with van der Waals surface area (Å²) < 4.78 is 31.5. The molecule has 2 aromatic carbocycles. The number of nitrogens with zero attached hydrogens (tertiary/aromatic N) is 2. The molecule has 0 heterocycles. The smallest absolute Gasteiger partial charge is 0.271 e. The third kappa shape index (κ3) is 6.42. The van der Waals surface area contributed by atoms with E-state index in [1.165, 1.54) is 18.2 Å². The maximum absolute atomic E-state index is 12.8. The van der Waals surface area contributed by atoms with Crippen LogP contribution in [0.4, 0.5) is 11.4 Å². The molecule has 9 nitrogen and oxygen atoms in total. The minimum atomic E-state index is -3.88. The van der Waals surface area contributed by atoms with Crippen molar-refractivity contribution in [1.82, 2.24) is 5.32 Å². The second-order valence-electron chi connectivity index (χ2n) is 7.17. The molecule has 10 heteroatoms. The maximum Gasteiger partial charge on any atom is 0.271 e. The van der Waals surface area contributed by atoms with Crippen molar-refractivity contribution >= 4 is 27.3 Å². The predicted molar refractivity (Wildman–Crippen MR) is 119 cm³/mol. The van der Waals surface area contributed by atoms with Crippen LogP contribution in [0.3, 0.4) is 0 Å². The summed E-state index contributed by atoms with van der Waals surface area (Å²) in [5.74, 6) is 0.208. The molecule has 0 aliphatic carbocycles. The number of nitrogens with one attached hydrogen (secondary N) is 1. The Kier molecular flexibility index (Phi) is 7.98. The topological polar surface area (TPSA) is 119 Å². The van der Waals surface area contributed by atoms with E-state index < -0.39 is 26.9 Å². The van der Waals surface area contributed by atoms with E-state index in [0.717, 1.165) is 33.5 Å². The minimum Gasteiger partial charge on any atom is -0.491 e. The number of sulfonamides is 1. The lowest BCUT2D eigenvalue weighted by atomic mass is 10.1. The van der Waals surface area contributed by atoms with Gasteiger partial charge in [-0.2, -0.15) is 0 Å². The highest BCUT2D eigenvalue weighted by Gasteiger charge is 2.32. The molecule has 2 rings (SSSR count). The molecule has 2 aromatic rings. The summed E-state index contributed by atoms with van der Waals surface area (Å²) in [5.41, 5.74) is 1.82. The normalized spacial score (nSPS) is 12.1. The second kappa shape index (κ2) is 10.3. The van der Waals surface area contributed by atoms with Crippen LogP contribution in [-0.4, -0.2) is 44.7 Å². The number of carbonyl (C=O) groups excluding carboxylic acids is 1. The summed E-state index contributed by atoms with van der Waals surface area (Å²) in [6, 6.07) is 9.97. The van der Waals surface area contributed by atoms with Crippen molar-refractivity contribution in [3.8, 4) is 5.75 Å². The number of ether oxygens (including phenoxy) is 1. The summed E-state index contributed by atoms with van der Waals surface area (Å²) in [7, 11) is -3.88. The first-order valence-corrected chi connectivity index (χ1v) is 11.6. The average molecular weight is 450 g/mol. The van der Waals surface area contributed by atoms with Crippen molar-refractivity contribution < 1.29 is 22.9 Å². The molecule has 0 fully saturated rings. The molecule has 1 amide bonds. The zero-order valence-electron chi connectivity index (χ0n) is 18.0. The number of aryl methyl sites for hydroxylation is 2. The van der Waals surface area contributed by atoms with Gasteiger partial charge < -0.3 is 10.1 Å². The summed E-state index contributed by atoms with van der Waals surface area (Å²) >= 11 is 0. The number of anilines is 1. The lowest BCUT2D eigenvalue weighted by Gasteiger charge is -2.30. The van der Waals surface area contributed by atoms with Gasteiger partial charge in [0.2, 0.25) is 15.9 Å². The van der Waals surface area contributed by atoms with E-state index in [4.69, 9.17) is 4.74 Å². The number of amides is 1. The monoisotopic (exact) mass is 449 g/mol. The molecule has 0 bridgehead atoms. The fourth-order valence-corrected chi connectivity index (χ4v) is 4.32. The number of rotatable bonds is 10. The maximum atomic E-state index is 12.8. The van der Waals surface area contributed by atoms with E-state index in [9.17, 15) is 23.3 Å². The van der Waals surface area contributed by atoms with Crippen LogP contribution in [0.5, 0.6) is 5.75 Å². The van der Waals surface area contributed by atoms with E-state index in [1.807, 2.05) is 32.0 Å². The standard InChI is InChI=1S/C21H27N3O6S/c1-5-19(21(25)22-11-12-30-20-13-15(2)9-10-16(20)3)23(31(4,28)29)17-7-6-8-18(14-17)24(26)27/h6-10,13-14,19H,5,11-12H2,1-4H3,(H,22,25)/t19-/m0/s1. The van der Waals surface area contributed by atoms with Gasteiger partial charge in [-0.05, 0) is 43.5 Å². The molecule has 0 spiro atoms. The van der Waals surface area contributed by atoms with E-state index in [2.05, 4.69) is 5.32 Å². The highest BCUT2D eigenvalue weighted by atomic mass is 32.2. The number of nitro benzene ring substituents is 1. The number of non-ortho nitro benzene ring substituents is 1. The Morgan fingerprint density at radius 1 is 1.23 bits per heavy atom. The lowest BCUT2D eigenvalue weighted by Crippen LogP contribution is -2.50. The second-order valence-corrected chi connectivity index (χ2v) is 9.03. The van der Waals surface area contributed by atoms with Crippen molar-refractivity contribution in [2.75, 3.05) is 23.7 Å². The van der Waals surface area contributed by atoms with Gasteiger partial charge in [0, 0.05) is 12.1 Å².